The van der Waals surface area contributed by atoms with Crippen molar-refractivity contribution in [2.45, 2.75) is 52.5 Å². The van der Waals surface area contributed by atoms with Crippen molar-refractivity contribution in [2.75, 3.05) is 5.32 Å². The van der Waals surface area contributed by atoms with Crippen LogP contribution >= 0.6 is 0 Å². The molecule has 3 heteroatoms. The van der Waals surface area contributed by atoms with Gasteiger partial charge in [0.2, 0.25) is 0 Å². The largest absolute Gasteiger partial charge is 0.377 e. The highest BCUT2D eigenvalue weighted by atomic mass is 15.1. The van der Waals surface area contributed by atoms with Gasteiger partial charge in [-0.3, -0.25) is 5.10 Å². The van der Waals surface area contributed by atoms with Gasteiger partial charge in [-0.15, -0.1) is 0 Å². The fourth-order valence-corrected chi connectivity index (χ4v) is 2.37. The van der Waals surface area contributed by atoms with E-state index in [4.69, 9.17) is 0 Å². The van der Waals surface area contributed by atoms with Crippen LogP contribution in [0.15, 0.2) is 30.5 Å². The Morgan fingerprint density at radius 2 is 1.75 bits per heavy atom. The van der Waals surface area contributed by atoms with E-state index >= 15 is 0 Å². The lowest BCUT2D eigenvalue weighted by atomic mass is 9.94. The first-order valence-electron chi connectivity index (χ1n) is 7.38. The molecule has 0 bridgehead atoms. The monoisotopic (exact) mass is 271 g/mol. The lowest BCUT2D eigenvalue weighted by Gasteiger charge is -2.20. The van der Waals surface area contributed by atoms with Crippen molar-refractivity contribution in [1.82, 2.24) is 10.2 Å². The van der Waals surface area contributed by atoms with Crippen molar-refractivity contribution in [1.29, 1.82) is 0 Å². The summed E-state index contributed by atoms with van der Waals surface area (Å²) in [6, 6.07) is 8.99. The quantitative estimate of drug-likeness (QED) is 0.817. The molecule has 0 aliphatic heterocycles. The SMILES string of the molecule is CC(C)c1ccc(NC(C)c2ccn[nH]2)c(C(C)C)c1. The molecule has 1 unspecified atom stereocenters. The van der Waals surface area contributed by atoms with E-state index in [0.717, 1.165) is 5.69 Å². The first-order chi connectivity index (χ1) is 9.49. The van der Waals surface area contributed by atoms with Gasteiger partial charge >= 0.3 is 0 Å². The van der Waals surface area contributed by atoms with Crippen LogP contribution in [0.3, 0.4) is 0 Å². The highest BCUT2D eigenvalue weighted by Gasteiger charge is 2.13. The molecule has 108 valence electrons. The summed E-state index contributed by atoms with van der Waals surface area (Å²) in [6.07, 6.45) is 1.79. The predicted octanol–water partition coefficient (Wildman–Crippen LogP) is 4.83. The summed E-state index contributed by atoms with van der Waals surface area (Å²) in [5.41, 5.74) is 5.09. The summed E-state index contributed by atoms with van der Waals surface area (Å²) < 4.78 is 0. The molecule has 3 nitrogen and oxygen atoms in total. The molecular weight excluding hydrogens is 246 g/mol. The molecule has 0 aliphatic rings. The minimum absolute atomic E-state index is 0.222. The smallest absolute Gasteiger partial charge is 0.0651 e. The molecule has 0 saturated carbocycles. The van der Waals surface area contributed by atoms with Gasteiger partial charge in [-0.2, -0.15) is 5.10 Å². The van der Waals surface area contributed by atoms with Crippen LogP contribution in [-0.2, 0) is 0 Å². The zero-order chi connectivity index (χ0) is 14.7. The molecule has 1 aromatic carbocycles. The predicted molar refractivity (Wildman–Crippen MR) is 85.2 cm³/mol. The Kier molecular flexibility index (Phi) is 4.48. The number of hydrogen-bond acceptors (Lipinski definition) is 2. The summed E-state index contributed by atoms with van der Waals surface area (Å²) in [5.74, 6) is 1.07. The Morgan fingerprint density at radius 3 is 2.30 bits per heavy atom. The maximum atomic E-state index is 4.01. The fourth-order valence-electron chi connectivity index (χ4n) is 2.37. The molecule has 0 radical (unpaired) electrons. The average Bonchev–Trinajstić information content (AvgIpc) is 2.92. The van der Waals surface area contributed by atoms with Gasteiger partial charge in [0.05, 0.1) is 11.7 Å². The Hall–Kier alpha value is -1.77. The number of hydrogen-bond donors (Lipinski definition) is 2. The van der Waals surface area contributed by atoms with Gasteiger partial charge in [0.15, 0.2) is 0 Å². The highest BCUT2D eigenvalue weighted by molar-refractivity contribution is 5.55. The molecule has 0 aliphatic carbocycles. The molecule has 2 N–H and O–H groups in total. The number of anilines is 1. The van der Waals surface area contributed by atoms with Crippen molar-refractivity contribution in [3.05, 3.63) is 47.3 Å². The number of nitrogens with zero attached hydrogens (tertiary/aromatic N) is 1. The van der Waals surface area contributed by atoms with E-state index in [1.54, 1.807) is 6.20 Å². The second-order valence-electron chi connectivity index (χ2n) is 6.03. The van der Waals surface area contributed by atoms with Gasteiger partial charge in [0, 0.05) is 11.9 Å². The van der Waals surface area contributed by atoms with Crippen molar-refractivity contribution in [3.8, 4) is 0 Å². The molecule has 1 atom stereocenters. The first-order valence-corrected chi connectivity index (χ1v) is 7.38. The van der Waals surface area contributed by atoms with E-state index in [-0.39, 0.29) is 6.04 Å². The summed E-state index contributed by atoms with van der Waals surface area (Å²) >= 11 is 0. The molecule has 2 rings (SSSR count). The molecule has 0 spiro atoms. The van der Waals surface area contributed by atoms with Crippen LogP contribution in [0.1, 0.15) is 69.3 Å². The Balaban J connectivity index is 2.27. The zero-order valence-electron chi connectivity index (χ0n) is 13.1. The second-order valence-corrected chi connectivity index (χ2v) is 6.03. The molecule has 20 heavy (non-hydrogen) atoms. The summed E-state index contributed by atoms with van der Waals surface area (Å²) in [6.45, 7) is 11.1. The van der Waals surface area contributed by atoms with Crippen LogP contribution in [0.5, 0.6) is 0 Å². The van der Waals surface area contributed by atoms with E-state index in [1.807, 2.05) is 6.07 Å². The average molecular weight is 271 g/mol. The fraction of sp³-hybridized carbons (Fsp3) is 0.471. The summed E-state index contributed by atoms with van der Waals surface area (Å²) in [5, 5.41) is 10.6. The third kappa shape index (κ3) is 3.21. The van der Waals surface area contributed by atoms with Crippen LogP contribution < -0.4 is 5.32 Å². The standard InChI is InChI=1S/C17H25N3/c1-11(2)14-6-7-17(15(10-14)12(3)4)19-13(5)16-8-9-18-20-16/h6-13,19H,1-5H3,(H,18,20). The number of H-pyrrole nitrogens is 1. The Labute approximate surface area is 121 Å². The number of nitrogens with one attached hydrogen (secondary N) is 2. The summed E-state index contributed by atoms with van der Waals surface area (Å²) in [7, 11) is 0. The van der Waals surface area contributed by atoms with Crippen molar-refractivity contribution < 1.29 is 0 Å². The Bertz CT molecular complexity index is 541. The van der Waals surface area contributed by atoms with Crippen molar-refractivity contribution in [3.63, 3.8) is 0 Å². The van der Waals surface area contributed by atoms with Gasteiger partial charge < -0.3 is 5.32 Å². The van der Waals surface area contributed by atoms with Gasteiger partial charge in [0.25, 0.3) is 0 Å². The second kappa shape index (κ2) is 6.12. The first kappa shape index (κ1) is 14.6. The maximum Gasteiger partial charge on any atom is 0.0651 e. The topological polar surface area (TPSA) is 40.7 Å². The van der Waals surface area contributed by atoms with Crippen LogP contribution in [-0.4, -0.2) is 10.2 Å². The third-order valence-electron chi connectivity index (χ3n) is 3.73. The van der Waals surface area contributed by atoms with Gasteiger partial charge in [-0.1, -0.05) is 39.8 Å². The van der Waals surface area contributed by atoms with E-state index in [9.17, 15) is 0 Å². The minimum atomic E-state index is 0.222. The lowest BCUT2D eigenvalue weighted by molar-refractivity contribution is 0.803. The highest BCUT2D eigenvalue weighted by Crippen LogP contribution is 2.30. The van der Waals surface area contributed by atoms with E-state index in [1.165, 1.54) is 16.8 Å². The van der Waals surface area contributed by atoms with Crippen LogP contribution in [0, 0.1) is 0 Å². The van der Waals surface area contributed by atoms with Crippen molar-refractivity contribution in [2.24, 2.45) is 0 Å². The third-order valence-corrected chi connectivity index (χ3v) is 3.73. The molecule has 1 aromatic heterocycles. The van der Waals surface area contributed by atoms with Crippen molar-refractivity contribution >= 4 is 5.69 Å². The normalized spacial score (nSPS) is 12.9. The van der Waals surface area contributed by atoms with Gasteiger partial charge in [-0.25, -0.2) is 0 Å². The number of aromatic amines is 1. The van der Waals surface area contributed by atoms with E-state index in [0.29, 0.717) is 11.8 Å². The van der Waals surface area contributed by atoms with E-state index < -0.39 is 0 Å². The van der Waals surface area contributed by atoms with Gasteiger partial charge in [0.1, 0.15) is 0 Å². The van der Waals surface area contributed by atoms with Gasteiger partial charge in [-0.05, 0) is 42.0 Å². The molecule has 0 saturated heterocycles. The van der Waals surface area contributed by atoms with E-state index in [2.05, 4.69) is 68.3 Å². The molecule has 2 aromatic rings. The van der Waals surface area contributed by atoms with Crippen LogP contribution in [0.4, 0.5) is 5.69 Å². The molecule has 1 heterocycles. The molecular formula is C17H25N3. The van der Waals surface area contributed by atoms with Crippen LogP contribution in [0.2, 0.25) is 0 Å². The lowest BCUT2D eigenvalue weighted by Crippen LogP contribution is -2.10. The summed E-state index contributed by atoms with van der Waals surface area (Å²) in [4.78, 5) is 0. The zero-order valence-corrected chi connectivity index (χ0v) is 13.1. The number of rotatable bonds is 5. The molecule has 0 amide bonds. The Morgan fingerprint density at radius 1 is 1.00 bits per heavy atom. The van der Waals surface area contributed by atoms with Crippen LogP contribution in [0.25, 0.3) is 0 Å². The maximum absolute atomic E-state index is 4.01. The number of aromatic nitrogens is 2. The molecule has 0 fully saturated rings. The minimum Gasteiger partial charge on any atom is -0.377 e. The number of benzene rings is 1.